The van der Waals surface area contributed by atoms with Crippen molar-refractivity contribution in [3.05, 3.63) is 72.2 Å². The van der Waals surface area contributed by atoms with Crippen LogP contribution in [-0.2, 0) is 0 Å². The minimum Gasteiger partial charge on any atom is -0.493 e. The zero-order chi connectivity index (χ0) is 19.9. The Morgan fingerprint density at radius 2 is 1.75 bits per heavy atom. The number of aliphatic imine (C=N–C) groups is 1. The van der Waals surface area contributed by atoms with E-state index in [1.54, 1.807) is 20.5 Å². The number of ether oxygens (including phenoxy) is 2. The molecule has 1 unspecified atom stereocenters. The fourth-order valence-corrected chi connectivity index (χ4v) is 4.27. The van der Waals surface area contributed by atoms with Gasteiger partial charge in [-0.2, -0.15) is 0 Å². The summed E-state index contributed by atoms with van der Waals surface area (Å²) in [6, 6.07) is 18.2. The lowest BCUT2D eigenvalue weighted by molar-refractivity contribution is 0.354. The van der Waals surface area contributed by atoms with Gasteiger partial charge in [0.25, 0.3) is 0 Å². The maximum absolute atomic E-state index is 5.62. The van der Waals surface area contributed by atoms with Crippen LogP contribution in [0.5, 0.6) is 11.5 Å². The minimum absolute atomic E-state index is 0.197. The van der Waals surface area contributed by atoms with Crippen LogP contribution in [0.1, 0.15) is 36.8 Å². The van der Waals surface area contributed by atoms with Crippen LogP contribution in [0.15, 0.2) is 75.2 Å². The van der Waals surface area contributed by atoms with Crippen LogP contribution < -0.4 is 9.47 Å². The van der Waals surface area contributed by atoms with Gasteiger partial charge >= 0.3 is 0 Å². The number of para-hydroxylation sites is 1. The summed E-state index contributed by atoms with van der Waals surface area (Å²) in [4.78, 5) is 6.04. The topological polar surface area (TPSA) is 44.0 Å². The summed E-state index contributed by atoms with van der Waals surface area (Å²) >= 11 is 1.81. The molecule has 4 rings (SSSR count). The number of nitrogens with zero attached hydrogens (tertiary/aromatic N) is 1. The summed E-state index contributed by atoms with van der Waals surface area (Å²) in [6.45, 7) is 4.00. The van der Waals surface area contributed by atoms with Crippen LogP contribution in [0.4, 0.5) is 5.69 Å². The van der Waals surface area contributed by atoms with Crippen molar-refractivity contribution in [1.82, 2.24) is 0 Å². The molecule has 1 aliphatic rings. The normalized spacial score (nSPS) is 15.4. The second kappa shape index (κ2) is 9.51. The predicted octanol–water partition coefficient (Wildman–Crippen LogP) is 6.68. The molecule has 0 spiro atoms. The van der Waals surface area contributed by atoms with E-state index < -0.39 is 0 Å². The van der Waals surface area contributed by atoms with Gasteiger partial charge in [0.1, 0.15) is 5.76 Å². The highest BCUT2D eigenvalue weighted by molar-refractivity contribution is 7.99. The minimum atomic E-state index is 0.197. The summed E-state index contributed by atoms with van der Waals surface area (Å²) < 4.78 is 16.5. The quantitative estimate of drug-likeness (QED) is 0.494. The number of thioether (sulfide) groups is 1. The fourth-order valence-electron chi connectivity index (χ4n) is 3.05. The first-order chi connectivity index (χ1) is 13.8. The number of methoxy groups -OCH3 is 2. The molecule has 1 atom stereocenters. The Labute approximate surface area is 170 Å². The highest BCUT2D eigenvalue weighted by atomic mass is 32.2. The number of benzene rings is 2. The molecule has 0 bridgehead atoms. The highest BCUT2D eigenvalue weighted by Crippen LogP contribution is 2.46. The Morgan fingerprint density at radius 1 is 0.964 bits per heavy atom. The molecule has 0 radical (unpaired) electrons. The lowest BCUT2D eigenvalue weighted by Gasteiger charge is -2.17. The smallest absolute Gasteiger partial charge is 0.161 e. The average molecular weight is 396 g/mol. The standard InChI is InChI=1S/C21H19NO3S.C2H6/c1-23-18-10-9-14(12-19(18)24-2)21-13-16(17-7-5-11-25-17)22-15-6-3-4-8-20(15)26-21;1-2/h3-12,21H,13H2,1-2H3;1-2H3. The lowest BCUT2D eigenvalue weighted by Crippen LogP contribution is -2.05. The Hall–Kier alpha value is -2.66. The molecule has 3 aromatic rings. The Bertz CT molecular complexity index is 935. The first-order valence-corrected chi connectivity index (χ1v) is 10.3. The largest absolute Gasteiger partial charge is 0.493 e. The Balaban J connectivity index is 0.00000109. The molecular weight excluding hydrogens is 370 g/mol. The van der Waals surface area contributed by atoms with Crippen LogP contribution >= 0.6 is 11.8 Å². The average Bonchev–Trinajstić information content (AvgIpc) is 3.22. The third kappa shape index (κ3) is 4.25. The van der Waals surface area contributed by atoms with Crippen LogP contribution in [0.3, 0.4) is 0 Å². The van der Waals surface area contributed by atoms with Crippen LogP contribution in [0.2, 0.25) is 0 Å². The SMILES string of the molecule is CC.COc1ccc(C2CC(c3ccco3)=Nc3ccccc3S2)cc1OC. The summed E-state index contributed by atoms with van der Waals surface area (Å²) in [5.41, 5.74) is 3.10. The van der Waals surface area contributed by atoms with Gasteiger partial charge in [-0.05, 0) is 42.0 Å². The van der Waals surface area contributed by atoms with Crippen molar-refractivity contribution in [3.8, 4) is 11.5 Å². The zero-order valence-corrected chi connectivity index (χ0v) is 17.5. The van der Waals surface area contributed by atoms with Gasteiger partial charge in [-0.3, -0.25) is 0 Å². The second-order valence-electron chi connectivity index (χ2n) is 5.93. The number of rotatable bonds is 4. The van der Waals surface area contributed by atoms with Crippen LogP contribution in [0, 0.1) is 0 Å². The molecule has 0 N–H and O–H groups in total. The van der Waals surface area contributed by atoms with E-state index in [0.29, 0.717) is 0 Å². The van der Waals surface area contributed by atoms with Crippen molar-refractivity contribution >= 4 is 23.2 Å². The van der Waals surface area contributed by atoms with E-state index in [0.717, 1.165) is 40.0 Å². The lowest BCUT2D eigenvalue weighted by atomic mass is 10.0. The van der Waals surface area contributed by atoms with Gasteiger partial charge in [0.05, 0.1) is 31.9 Å². The molecule has 146 valence electrons. The first-order valence-electron chi connectivity index (χ1n) is 9.37. The van der Waals surface area contributed by atoms with E-state index in [1.807, 2.05) is 68.1 Å². The van der Waals surface area contributed by atoms with E-state index in [1.165, 1.54) is 5.56 Å². The summed E-state index contributed by atoms with van der Waals surface area (Å²) in [5.74, 6) is 2.28. The van der Waals surface area contributed by atoms with Crippen LogP contribution in [-0.4, -0.2) is 19.9 Å². The maximum atomic E-state index is 5.62. The molecule has 2 heterocycles. The Kier molecular flexibility index (Phi) is 6.82. The molecule has 0 fully saturated rings. The molecule has 28 heavy (non-hydrogen) atoms. The van der Waals surface area contributed by atoms with Gasteiger partial charge in [0.15, 0.2) is 11.5 Å². The number of hydrogen-bond acceptors (Lipinski definition) is 5. The molecule has 5 heteroatoms. The number of fused-ring (bicyclic) bond motifs is 1. The molecule has 1 aliphatic heterocycles. The third-order valence-electron chi connectivity index (χ3n) is 4.35. The molecule has 0 aliphatic carbocycles. The predicted molar refractivity (Wildman–Crippen MR) is 115 cm³/mol. The third-order valence-corrected chi connectivity index (χ3v) is 5.68. The van der Waals surface area contributed by atoms with E-state index in [2.05, 4.69) is 12.1 Å². The second-order valence-corrected chi connectivity index (χ2v) is 7.17. The van der Waals surface area contributed by atoms with E-state index in [9.17, 15) is 0 Å². The van der Waals surface area contributed by atoms with Crippen molar-refractivity contribution in [2.75, 3.05) is 14.2 Å². The van der Waals surface area contributed by atoms with Gasteiger partial charge in [0, 0.05) is 16.6 Å². The van der Waals surface area contributed by atoms with Gasteiger partial charge in [-0.25, -0.2) is 4.99 Å². The van der Waals surface area contributed by atoms with E-state index in [4.69, 9.17) is 18.9 Å². The van der Waals surface area contributed by atoms with E-state index >= 15 is 0 Å². The molecular formula is C23H25NO3S. The number of furan rings is 1. The van der Waals surface area contributed by atoms with Crippen molar-refractivity contribution < 1.29 is 13.9 Å². The van der Waals surface area contributed by atoms with Crippen molar-refractivity contribution in [2.24, 2.45) is 4.99 Å². The molecule has 0 saturated carbocycles. The summed E-state index contributed by atoms with van der Waals surface area (Å²) in [6.07, 6.45) is 2.45. The number of hydrogen-bond donors (Lipinski definition) is 0. The van der Waals surface area contributed by atoms with Gasteiger partial charge in [-0.15, -0.1) is 11.8 Å². The van der Waals surface area contributed by atoms with Crippen molar-refractivity contribution in [1.29, 1.82) is 0 Å². The maximum Gasteiger partial charge on any atom is 0.161 e. The molecule has 2 aromatic carbocycles. The highest BCUT2D eigenvalue weighted by Gasteiger charge is 2.24. The van der Waals surface area contributed by atoms with Crippen molar-refractivity contribution in [2.45, 2.75) is 30.4 Å². The van der Waals surface area contributed by atoms with Crippen molar-refractivity contribution in [3.63, 3.8) is 0 Å². The van der Waals surface area contributed by atoms with Gasteiger partial charge in [0.2, 0.25) is 0 Å². The summed E-state index contributed by atoms with van der Waals surface area (Å²) in [5, 5.41) is 0.197. The first kappa shape index (κ1) is 20.1. The summed E-state index contributed by atoms with van der Waals surface area (Å²) in [7, 11) is 3.31. The zero-order valence-electron chi connectivity index (χ0n) is 16.6. The Morgan fingerprint density at radius 3 is 2.46 bits per heavy atom. The van der Waals surface area contributed by atoms with Gasteiger partial charge in [-0.1, -0.05) is 32.0 Å². The van der Waals surface area contributed by atoms with E-state index in [-0.39, 0.29) is 5.25 Å². The molecule has 0 saturated heterocycles. The molecule has 0 amide bonds. The monoisotopic (exact) mass is 395 g/mol. The molecule has 4 nitrogen and oxygen atoms in total. The van der Waals surface area contributed by atoms with Gasteiger partial charge < -0.3 is 13.9 Å². The van der Waals surface area contributed by atoms with Crippen LogP contribution in [0.25, 0.3) is 0 Å². The molecule has 1 aromatic heterocycles. The fraction of sp³-hybridized carbons (Fsp3) is 0.261.